The Kier molecular flexibility index (Phi) is 5.54. The number of amides is 1. The second kappa shape index (κ2) is 8.02. The zero-order valence-electron chi connectivity index (χ0n) is 14.7. The first kappa shape index (κ1) is 18.0. The van der Waals surface area contributed by atoms with Gasteiger partial charge in [-0.1, -0.05) is 41.9 Å². The van der Waals surface area contributed by atoms with Crippen LogP contribution >= 0.6 is 11.6 Å². The van der Waals surface area contributed by atoms with Gasteiger partial charge in [0.2, 0.25) is 0 Å². The van der Waals surface area contributed by atoms with Crippen LogP contribution in [-0.4, -0.2) is 10.9 Å². The lowest BCUT2D eigenvalue weighted by atomic mass is 10.1. The fraction of sp³-hybridized carbons (Fsp3) is 0.143. The third-order valence-corrected chi connectivity index (χ3v) is 4.66. The summed E-state index contributed by atoms with van der Waals surface area (Å²) in [6, 6.07) is 17.0. The molecule has 0 saturated carbocycles. The van der Waals surface area contributed by atoms with E-state index in [1.807, 2.05) is 62.4 Å². The van der Waals surface area contributed by atoms with Crippen LogP contribution in [-0.2, 0) is 6.54 Å². The molecule has 1 aromatic heterocycles. The molecule has 2 N–H and O–H groups in total. The summed E-state index contributed by atoms with van der Waals surface area (Å²) in [5.74, 6) is -0.226. The number of benzene rings is 2. The molecule has 0 spiro atoms. The van der Waals surface area contributed by atoms with Crippen molar-refractivity contribution in [2.75, 3.05) is 10.6 Å². The van der Waals surface area contributed by atoms with E-state index in [-0.39, 0.29) is 5.91 Å². The van der Waals surface area contributed by atoms with Gasteiger partial charge in [-0.15, -0.1) is 0 Å². The monoisotopic (exact) mass is 365 g/mol. The van der Waals surface area contributed by atoms with Gasteiger partial charge in [0, 0.05) is 17.3 Å². The average Bonchev–Trinajstić information content (AvgIpc) is 2.65. The summed E-state index contributed by atoms with van der Waals surface area (Å²) < 4.78 is 0. The highest BCUT2D eigenvalue weighted by atomic mass is 35.5. The molecule has 0 aliphatic rings. The number of hydrogen-bond acceptors (Lipinski definition) is 3. The molecule has 132 valence electrons. The van der Waals surface area contributed by atoms with E-state index < -0.39 is 0 Å². The zero-order valence-corrected chi connectivity index (χ0v) is 15.5. The largest absolute Gasteiger partial charge is 0.380 e. The molecular formula is C21H20ClN3O. The molecule has 0 fully saturated rings. The molecule has 0 saturated heterocycles. The van der Waals surface area contributed by atoms with Gasteiger partial charge in [0.1, 0.15) is 5.69 Å². The fourth-order valence-electron chi connectivity index (χ4n) is 2.54. The predicted molar refractivity (Wildman–Crippen MR) is 107 cm³/mol. The predicted octanol–water partition coefficient (Wildman–Crippen LogP) is 5.22. The molecule has 1 heterocycles. The standard InChI is InChI=1S/C21H20ClN3O/c1-14-6-5-9-19(15(14)2)25-21(26)20-11-10-17(13-24-20)23-12-16-7-3-4-8-18(16)22/h3-11,13,23H,12H2,1-2H3,(H,25,26). The number of aryl methyl sites for hydroxylation is 1. The van der Waals surface area contributed by atoms with E-state index in [0.717, 1.165) is 33.1 Å². The van der Waals surface area contributed by atoms with Crippen molar-refractivity contribution >= 4 is 28.9 Å². The fourth-order valence-corrected chi connectivity index (χ4v) is 2.75. The molecule has 0 aliphatic heterocycles. The molecule has 0 radical (unpaired) electrons. The molecular weight excluding hydrogens is 346 g/mol. The van der Waals surface area contributed by atoms with Gasteiger partial charge in [-0.05, 0) is 54.8 Å². The number of nitrogens with one attached hydrogen (secondary N) is 2. The Labute approximate surface area is 158 Å². The normalized spacial score (nSPS) is 10.4. The van der Waals surface area contributed by atoms with Gasteiger partial charge < -0.3 is 10.6 Å². The van der Waals surface area contributed by atoms with E-state index >= 15 is 0 Å². The zero-order chi connectivity index (χ0) is 18.5. The number of halogens is 1. The van der Waals surface area contributed by atoms with Crippen LogP contribution in [0.3, 0.4) is 0 Å². The molecule has 3 aromatic rings. The quantitative estimate of drug-likeness (QED) is 0.652. The van der Waals surface area contributed by atoms with E-state index in [1.54, 1.807) is 12.3 Å². The van der Waals surface area contributed by atoms with Crippen molar-refractivity contribution in [3.63, 3.8) is 0 Å². The topological polar surface area (TPSA) is 54.0 Å². The van der Waals surface area contributed by atoms with Gasteiger partial charge in [0.05, 0.1) is 11.9 Å². The van der Waals surface area contributed by atoms with Crippen LogP contribution in [0.2, 0.25) is 5.02 Å². The number of nitrogens with zero attached hydrogens (tertiary/aromatic N) is 1. The van der Waals surface area contributed by atoms with Crippen LogP contribution < -0.4 is 10.6 Å². The van der Waals surface area contributed by atoms with Crippen molar-refractivity contribution < 1.29 is 4.79 Å². The molecule has 3 rings (SSSR count). The van der Waals surface area contributed by atoms with Crippen LogP contribution in [0.15, 0.2) is 60.8 Å². The summed E-state index contributed by atoms with van der Waals surface area (Å²) in [5, 5.41) is 6.89. The third-order valence-electron chi connectivity index (χ3n) is 4.29. The second-order valence-electron chi connectivity index (χ2n) is 6.08. The first-order valence-electron chi connectivity index (χ1n) is 8.35. The average molecular weight is 366 g/mol. The molecule has 5 heteroatoms. The maximum atomic E-state index is 12.4. The van der Waals surface area contributed by atoms with Crippen molar-refractivity contribution in [1.29, 1.82) is 0 Å². The summed E-state index contributed by atoms with van der Waals surface area (Å²) >= 11 is 6.15. The van der Waals surface area contributed by atoms with Crippen LogP contribution in [0.25, 0.3) is 0 Å². The van der Waals surface area contributed by atoms with Crippen LogP contribution in [0, 0.1) is 13.8 Å². The minimum atomic E-state index is -0.226. The molecule has 0 bridgehead atoms. The van der Waals surface area contributed by atoms with Gasteiger partial charge in [0.25, 0.3) is 5.91 Å². The Hall–Kier alpha value is -2.85. The molecule has 4 nitrogen and oxygen atoms in total. The highest BCUT2D eigenvalue weighted by molar-refractivity contribution is 6.31. The number of carbonyl (C=O) groups is 1. The minimum absolute atomic E-state index is 0.226. The smallest absolute Gasteiger partial charge is 0.274 e. The molecule has 0 unspecified atom stereocenters. The van der Waals surface area contributed by atoms with E-state index in [2.05, 4.69) is 15.6 Å². The van der Waals surface area contributed by atoms with Crippen molar-refractivity contribution in [1.82, 2.24) is 4.98 Å². The number of anilines is 2. The van der Waals surface area contributed by atoms with E-state index in [9.17, 15) is 4.79 Å². The summed E-state index contributed by atoms with van der Waals surface area (Å²) in [4.78, 5) is 16.7. The first-order chi connectivity index (χ1) is 12.5. The van der Waals surface area contributed by atoms with Crippen molar-refractivity contribution in [3.8, 4) is 0 Å². The Morgan fingerprint density at radius 3 is 2.58 bits per heavy atom. The number of rotatable bonds is 5. The molecule has 0 atom stereocenters. The second-order valence-corrected chi connectivity index (χ2v) is 6.49. The summed E-state index contributed by atoms with van der Waals surface area (Å²) in [7, 11) is 0. The molecule has 0 aliphatic carbocycles. The highest BCUT2D eigenvalue weighted by Gasteiger charge is 2.10. The van der Waals surface area contributed by atoms with Crippen LogP contribution in [0.4, 0.5) is 11.4 Å². The maximum Gasteiger partial charge on any atom is 0.274 e. The number of carbonyl (C=O) groups excluding carboxylic acids is 1. The summed E-state index contributed by atoms with van der Waals surface area (Å²) in [5.41, 5.74) is 5.19. The van der Waals surface area contributed by atoms with E-state index in [0.29, 0.717) is 12.2 Å². The van der Waals surface area contributed by atoms with Gasteiger partial charge >= 0.3 is 0 Å². The van der Waals surface area contributed by atoms with Gasteiger partial charge in [-0.3, -0.25) is 4.79 Å². The number of pyridine rings is 1. The first-order valence-corrected chi connectivity index (χ1v) is 8.73. The molecule has 26 heavy (non-hydrogen) atoms. The van der Waals surface area contributed by atoms with Gasteiger partial charge in [-0.25, -0.2) is 4.98 Å². The van der Waals surface area contributed by atoms with Gasteiger partial charge in [-0.2, -0.15) is 0 Å². The van der Waals surface area contributed by atoms with E-state index in [4.69, 9.17) is 11.6 Å². The Morgan fingerprint density at radius 1 is 1.04 bits per heavy atom. The van der Waals surface area contributed by atoms with Crippen molar-refractivity contribution in [3.05, 3.63) is 88.2 Å². The van der Waals surface area contributed by atoms with E-state index in [1.165, 1.54) is 0 Å². The summed E-state index contributed by atoms with van der Waals surface area (Å²) in [6.45, 7) is 4.60. The Bertz CT molecular complexity index is 923. The maximum absolute atomic E-state index is 12.4. The SMILES string of the molecule is Cc1cccc(NC(=O)c2ccc(NCc3ccccc3Cl)cn2)c1C. The van der Waals surface area contributed by atoms with Gasteiger partial charge in [0.15, 0.2) is 0 Å². The van der Waals surface area contributed by atoms with Crippen LogP contribution in [0.5, 0.6) is 0 Å². The summed E-state index contributed by atoms with van der Waals surface area (Å²) in [6.07, 6.45) is 1.65. The number of aromatic nitrogens is 1. The minimum Gasteiger partial charge on any atom is -0.380 e. The Balaban J connectivity index is 1.64. The van der Waals surface area contributed by atoms with Crippen LogP contribution in [0.1, 0.15) is 27.2 Å². The highest BCUT2D eigenvalue weighted by Crippen LogP contribution is 2.19. The lowest BCUT2D eigenvalue weighted by molar-refractivity contribution is 0.102. The Morgan fingerprint density at radius 2 is 1.85 bits per heavy atom. The molecule has 2 aromatic carbocycles. The lowest BCUT2D eigenvalue weighted by Crippen LogP contribution is -2.14. The third kappa shape index (κ3) is 4.21. The van der Waals surface area contributed by atoms with Crippen molar-refractivity contribution in [2.24, 2.45) is 0 Å². The molecule has 1 amide bonds. The van der Waals surface area contributed by atoms with Crippen molar-refractivity contribution in [2.45, 2.75) is 20.4 Å². The number of hydrogen-bond donors (Lipinski definition) is 2. The lowest BCUT2D eigenvalue weighted by Gasteiger charge is -2.11.